The van der Waals surface area contributed by atoms with Crippen molar-refractivity contribution in [3.63, 3.8) is 0 Å². The van der Waals surface area contributed by atoms with Gasteiger partial charge in [0, 0.05) is 43.4 Å². The van der Waals surface area contributed by atoms with Gasteiger partial charge >= 0.3 is 14.4 Å². The molecular weight excluding hydrogens is 424 g/mol. The van der Waals surface area contributed by atoms with Gasteiger partial charge in [0.2, 0.25) is 0 Å². The fraction of sp³-hybridized carbons (Fsp3) is 0.640. The molecule has 0 saturated carbocycles. The van der Waals surface area contributed by atoms with Gasteiger partial charge in [-0.15, -0.1) is 0 Å². The molecule has 2 aromatic rings. The van der Waals surface area contributed by atoms with Crippen molar-refractivity contribution in [2.75, 3.05) is 26.4 Å². The highest BCUT2D eigenvalue weighted by molar-refractivity contribution is 6.60. The summed E-state index contributed by atoms with van der Waals surface area (Å²) in [6.45, 7) is 8.64. The maximum absolute atomic E-state index is 11.3. The molecule has 1 heterocycles. The van der Waals surface area contributed by atoms with Crippen LogP contribution in [0.25, 0.3) is 11.0 Å². The van der Waals surface area contributed by atoms with E-state index in [9.17, 15) is 4.79 Å². The molecule has 1 aromatic heterocycles. The molecule has 0 aliphatic heterocycles. The van der Waals surface area contributed by atoms with Gasteiger partial charge in [0.1, 0.15) is 11.3 Å². The monoisotopic (exact) mass is 464 g/mol. The van der Waals surface area contributed by atoms with Gasteiger partial charge in [-0.1, -0.05) is 38.5 Å². The second-order valence-corrected chi connectivity index (χ2v) is 10.6. The fourth-order valence-corrected chi connectivity index (χ4v) is 6.51. The molecule has 0 spiro atoms. The molecule has 0 N–H and O–H groups in total. The number of ether oxygens (including phenoxy) is 1. The lowest BCUT2D eigenvalue weighted by Crippen LogP contribution is -2.45. The zero-order valence-corrected chi connectivity index (χ0v) is 21.0. The molecule has 180 valence electrons. The third kappa shape index (κ3) is 9.44. The summed E-state index contributed by atoms with van der Waals surface area (Å²) in [6.07, 6.45) is 9.48. The Hall–Kier alpha value is -1.67. The highest BCUT2D eigenvalue weighted by atomic mass is 28.4. The van der Waals surface area contributed by atoms with Crippen LogP contribution in [0.1, 0.15) is 72.1 Å². The van der Waals surface area contributed by atoms with E-state index in [1.807, 2.05) is 32.9 Å². The summed E-state index contributed by atoms with van der Waals surface area (Å²) < 4.78 is 28.8. The van der Waals surface area contributed by atoms with E-state index in [1.54, 1.807) is 12.1 Å². The van der Waals surface area contributed by atoms with Gasteiger partial charge in [0.25, 0.3) is 0 Å². The molecule has 6 nitrogen and oxygen atoms in total. The lowest BCUT2D eigenvalue weighted by atomic mass is 10.1. The molecule has 2 rings (SSSR count). The summed E-state index contributed by atoms with van der Waals surface area (Å²) in [4.78, 5) is 11.3. The van der Waals surface area contributed by atoms with E-state index >= 15 is 0 Å². The number of unbranched alkanes of at least 4 members (excludes halogenated alkanes) is 7. The van der Waals surface area contributed by atoms with Crippen LogP contribution in [0.3, 0.4) is 0 Å². The highest BCUT2D eigenvalue weighted by Crippen LogP contribution is 2.22. The van der Waals surface area contributed by atoms with Gasteiger partial charge in [0.15, 0.2) is 0 Å². The Morgan fingerprint density at radius 2 is 1.31 bits per heavy atom. The molecule has 0 aliphatic rings. The molecule has 0 aliphatic carbocycles. The van der Waals surface area contributed by atoms with Gasteiger partial charge in [-0.05, 0) is 51.8 Å². The largest absolute Gasteiger partial charge is 0.500 e. The molecule has 32 heavy (non-hydrogen) atoms. The number of fused-ring (bicyclic) bond motifs is 1. The molecular formula is C25H40O6Si. The minimum atomic E-state index is -2.47. The van der Waals surface area contributed by atoms with E-state index in [-0.39, 0.29) is 5.63 Å². The van der Waals surface area contributed by atoms with Gasteiger partial charge < -0.3 is 22.4 Å². The SMILES string of the molecule is CCO[Si](CCCCCCCCCCOc1ccc2ccc(=O)oc2c1)(OCC)OCC. The topological polar surface area (TPSA) is 67.1 Å². The summed E-state index contributed by atoms with van der Waals surface area (Å²) in [5.74, 6) is 0.748. The van der Waals surface area contributed by atoms with Crippen LogP contribution < -0.4 is 10.4 Å². The smallest absolute Gasteiger partial charge is 0.493 e. The van der Waals surface area contributed by atoms with Crippen molar-refractivity contribution in [2.24, 2.45) is 0 Å². The molecule has 1 aromatic carbocycles. The minimum Gasteiger partial charge on any atom is -0.493 e. The van der Waals surface area contributed by atoms with Crippen LogP contribution >= 0.6 is 0 Å². The van der Waals surface area contributed by atoms with Crippen LogP contribution in [0.15, 0.2) is 39.5 Å². The van der Waals surface area contributed by atoms with Crippen molar-refractivity contribution < 1.29 is 22.4 Å². The third-order valence-electron chi connectivity index (χ3n) is 5.33. The van der Waals surface area contributed by atoms with Crippen LogP contribution in [-0.2, 0) is 13.3 Å². The Morgan fingerprint density at radius 3 is 1.94 bits per heavy atom. The molecule has 0 radical (unpaired) electrons. The highest BCUT2D eigenvalue weighted by Gasteiger charge is 2.39. The summed E-state index contributed by atoms with van der Waals surface area (Å²) in [5, 5.41) is 0.902. The molecule has 0 saturated heterocycles. The Kier molecular flexibility index (Phi) is 12.6. The van der Waals surface area contributed by atoms with Crippen molar-refractivity contribution in [1.82, 2.24) is 0 Å². The quantitative estimate of drug-likeness (QED) is 0.146. The average Bonchev–Trinajstić information content (AvgIpc) is 2.77. The first-order valence-corrected chi connectivity index (χ1v) is 14.1. The Morgan fingerprint density at radius 1 is 0.750 bits per heavy atom. The molecule has 0 unspecified atom stereocenters. The van der Waals surface area contributed by atoms with Crippen molar-refractivity contribution in [2.45, 2.75) is 78.2 Å². The van der Waals surface area contributed by atoms with Gasteiger partial charge in [0.05, 0.1) is 6.61 Å². The molecule has 7 heteroatoms. The Labute approximate surface area is 193 Å². The summed E-state index contributed by atoms with van der Waals surface area (Å²) in [7, 11) is -2.47. The summed E-state index contributed by atoms with van der Waals surface area (Å²) in [5.41, 5.74) is 0.229. The van der Waals surface area contributed by atoms with E-state index in [2.05, 4.69) is 0 Å². The average molecular weight is 465 g/mol. The zero-order valence-electron chi connectivity index (χ0n) is 20.0. The minimum absolute atomic E-state index is 0.339. The van der Waals surface area contributed by atoms with E-state index in [4.69, 9.17) is 22.4 Å². The van der Waals surface area contributed by atoms with Gasteiger partial charge in [-0.25, -0.2) is 4.79 Å². The maximum Gasteiger partial charge on any atom is 0.500 e. The van der Waals surface area contributed by atoms with E-state index in [0.717, 1.165) is 36.4 Å². The number of rotatable bonds is 18. The van der Waals surface area contributed by atoms with Crippen LogP contribution in [0.5, 0.6) is 5.75 Å². The predicted molar refractivity (Wildman–Crippen MR) is 130 cm³/mol. The standard InChI is InChI=1S/C25H40O6Si/c1-4-28-32(29-5-2,30-6-3)20-14-12-10-8-7-9-11-13-19-27-23-17-15-22-16-18-25(26)31-24(22)21-23/h15-18,21H,4-14,19-20H2,1-3H3. The predicted octanol–water partition coefficient (Wildman–Crippen LogP) is 6.34. The van der Waals surface area contributed by atoms with Crippen LogP contribution in [-0.4, -0.2) is 35.2 Å². The number of benzene rings is 1. The maximum atomic E-state index is 11.3. The molecule has 0 amide bonds. The second-order valence-electron chi connectivity index (χ2n) is 7.86. The zero-order chi connectivity index (χ0) is 23.1. The third-order valence-corrected chi connectivity index (χ3v) is 8.48. The van der Waals surface area contributed by atoms with Crippen LogP contribution in [0.4, 0.5) is 0 Å². The van der Waals surface area contributed by atoms with Crippen LogP contribution in [0, 0.1) is 0 Å². The Balaban J connectivity index is 1.52. The fourth-order valence-electron chi connectivity index (χ4n) is 3.83. The first kappa shape index (κ1) is 26.6. The first-order chi connectivity index (χ1) is 15.6. The van der Waals surface area contributed by atoms with E-state index in [1.165, 1.54) is 38.2 Å². The number of hydrogen-bond acceptors (Lipinski definition) is 6. The van der Waals surface area contributed by atoms with Crippen molar-refractivity contribution >= 4 is 19.8 Å². The van der Waals surface area contributed by atoms with Gasteiger partial charge in [-0.3, -0.25) is 0 Å². The number of hydrogen-bond donors (Lipinski definition) is 0. The van der Waals surface area contributed by atoms with Crippen molar-refractivity contribution in [3.8, 4) is 5.75 Å². The molecule has 0 fully saturated rings. The normalized spacial score (nSPS) is 11.8. The first-order valence-electron chi connectivity index (χ1n) is 12.2. The second kappa shape index (κ2) is 15.2. The van der Waals surface area contributed by atoms with Crippen molar-refractivity contribution in [1.29, 1.82) is 0 Å². The van der Waals surface area contributed by atoms with Crippen molar-refractivity contribution in [3.05, 3.63) is 40.8 Å². The lowest BCUT2D eigenvalue weighted by molar-refractivity contribution is 0.0706. The Bertz CT molecular complexity index is 804. The summed E-state index contributed by atoms with van der Waals surface area (Å²) >= 11 is 0. The van der Waals surface area contributed by atoms with Gasteiger partial charge in [-0.2, -0.15) is 0 Å². The van der Waals surface area contributed by atoms with E-state index in [0.29, 0.717) is 32.0 Å². The lowest BCUT2D eigenvalue weighted by Gasteiger charge is -2.28. The van der Waals surface area contributed by atoms with Crippen LogP contribution in [0.2, 0.25) is 6.04 Å². The van der Waals surface area contributed by atoms with E-state index < -0.39 is 8.80 Å². The molecule has 0 bridgehead atoms. The summed E-state index contributed by atoms with van der Waals surface area (Å²) in [6, 6.07) is 9.73. The molecule has 0 atom stereocenters.